The van der Waals surface area contributed by atoms with E-state index in [0.29, 0.717) is 39.1 Å². The zero-order valence-electron chi connectivity index (χ0n) is 14.8. The van der Waals surface area contributed by atoms with Crippen LogP contribution in [0.3, 0.4) is 0 Å². The highest BCUT2D eigenvalue weighted by molar-refractivity contribution is 5.93. The predicted octanol–water partition coefficient (Wildman–Crippen LogP) is 2.14. The molecule has 1 aliphatic rings. The van der Waals surface area contributed by atoms with Crippen LogP contribution in [0.4, 0.5) is 14.5 Å². The second-order valence-electron chi connectivity index (χ2n) is 6.58. The van der Waals surface area contributed by atoms with Crippen LogP contribution < -0.4 is 10.3 Å². The van der Waals surface area contributed by atoms with Crippen molar-refractivity contribution < 1.29 is 18.7 Å². The number of aryl methyl sites for hydroxylation is 1. The molecule has 1 N–H and O–H groups in total. The molecule has 2 aromatic rings. The van der Waals surface area contributed by atoms with Crippen molar-refractivity contribution in [2.75, 3.05) is 38.1 Å². The average Bonchev–Trinajstić information content (AvgIpc) is 2.58. The number of aromatic nitrogens is 1. The lowest BCUT2D eigenvalue weighted by atomic mass is 10.1. The maximum Gasteiger partial charge on any atom is 0.341 e. The van der Waals surface area contributed by atoms with E-state index in [4.69, 9.17) is 0 Å². The number of fused-ring (bicyclic) bond motifs is 1. The van der Waals surface area contributed by atoms with Crippen LogP contribution in [0.15, 0.2) is 17.1 Å². The standard InChI is InChI=1S/C18H21F2N3O3/c1-3-4-23-10-12(18(25)26)17(24)11-9-13(19)16(14(20)15(11)23)22-7-5-21(2)6-8-22/h9-10H,3-8H2,1-2H3,(H,25,26). The second kappa shape index (κ2) is 7.03. The van der Waals surface area contributed by atoms with Crippen molar-refractivity contribution in [3.8, 4) is 0 Å². The van der Waals surface area contributed by atoms with Crippen LogP contribution in [0.2, 0.25) is 0 Å². The monoisotopic (exact) mass is 365 g/mol. The lowest BCUT2D eigenvalue weighted by molar-refractivity contribution is 0.0694. The summed E-state index contributed by atoms with van der Waals surface area (Å²) in [7, 11) is 1.94. The Hall–Kier alpha value is -2.48. The first-order valence-corrected chi connectivity index (χ1v) is 8.57. The van der Waals surface area contributed by atoms with Gasteiger partial charge in [-0.05, 0) is 19.5 Å². The molecule has 0 atom stereocenters. The van der Waals surface area contributed by atoms with Crippen molar-refractivity contribution in [1.82, 2.24) is 9.47 Å². The molecule has 0 radical (unpaired) electrons. The molecule has 1 aliphatic heterocycles. The number of carboxylic acid groups (broad SMARTS) is 1. The Bertz CT molecular complexity index is 918. The Balaban J connectivity index is 2.27. The van der Waals surface area contributed by atoms with Gasteiger partial charge < -0.3 is 19.5 Å². The van der Waals surface area contributed by atoms with Gasteiger partial charge in [0.1, 0.15) is 17.1 Å². The van der Waals surface area contributed by atoms with Crippen LogP contribution in [0.25, 0.3) is 10.9 Å². The maximum atomic E-state index is 15.3. The molecule has 0 unspecified atom stereocenters. The van der Waals surface area contributed by atoms with Gasteiger partial charge in [0.25, 0.3) is 0 Å². The summed E-state index contributed by atoms with van der Waals surface area (Å²) < 4.78 is 31.4. The van der Waals surface area contributed by atoms with Gasteiger partial charge in [-0.2, -0.15) is 0 Å². The zero-order valence-corrected chi connectivity index (χ0v) is 14.8. The van der Waals surface area contributed by atoms with Crippen molar-refractivity contribution in [3.63, 3.8) is 0 Å². The largest absolute Gasteiger partial charge is 0.477 e. The number of likely N-dealkylation sites (N-methyl/N-ethyl adjacent to an activating group) is 1. The van der Waals surface area contributed by atoms with E-state index in [0.717, 1.165) is 12.3 Å². The van der Waals surface area contributed by atoms with Gasteiger partial charge in [0, 0.05) is 38.9 Å². The van der Waals surface area contributed by atoms with Gasteiger partial charge in [-0.1, -0.05) is 6.92 Å². The smallest absolute Gasteiger partial charge is 0.341 e. The normalized spacial score (nSPS) is 15.6. The number of aromatic carboxylic acids is 1. The Morgan fingerprint density at radius 2 is 1.88 bits per heavy atom. The molecule has 1 aromatic heterocycles. The van der Waals surface area contributed by atoms with Crippen LogP contribution in [-0.4, -0.2) is 53.8 Å². The SMILES string of the molecule is CCCn1cc(C(=O)O)c(=O)c2cc(F)c(N3CCN(C)CC3)c(F)c21. The molecule has 0 aliphatic carbocycles. The van der Waals surface area contributed by atoms with Crippen LogP contribution in [0.5, 0.6) is 0 Å². The number of carbonyl (C=O) groups is 1. The van der Waals surface area contributed by atoms with Gasteiger partial charge in [0.15, 0.2) is 5.82 Å². The van der Waals surface area contributed by atoms with Crippen molar-refractivity contribution in [1.29, 1.82) is 0 Å². The highest BCUT2D eigenvalue weighted by Crippen LogP contribution is 2.30. The number of benzene rings is 1. The first-order chi connectivity index (χ1) is 12.3. The fourth-order valence-corrected chi connectivity index (χ4v) is 3.37. The summed E-state index contributed by atoms with van der Waals surface area (Å²) in [5.74, 6) is -3.07. The van der Waals surface area contributed by atoms with Crippen molar-refractivity contribution >= 4 is 22.6 Å². The van der Waals surface area contributed by atoms with E-state index < -0.39 is 28.6 Å². The third-order valence-electron chi connectivity index (χ3n) is 4.74. The summed E-state index contributed by atoms with van der Waals surface area (Å²) in [5, 5.41) is 8.98. The minimum atomic E-state index is -1.41. The topological polar surface area (TPSA) is 65.8 Å². The van der Waals surface area contributed by atoms with Gasteiger partial charge in [-0.15, -0.1) is 0 Å². The van der Waals surface area contributed by atoms with Gasteiger partial charge in [-0.25, -0.2) is 13.6 Å². The van der Waals surface area contributed by atoms with Crippen molar-refractivity contribution in [2.45, 2.75) is 19.9 Å². The molecule has 0 amide bonds. The maximum absolute atomic E-state index is 15.3. The highest BCUT2D eigenvalue weighted by Gasteiger charge is 2.26. The Labute approximate surface area is 149 Å². The zero-order chi connectivity index (χ0) is 19.0. The minimum Gasteiger partial charge on any atom is -0.477 e. The number of carboxylic acids is 1. The lowest BCUT2D eigenvalue weighted by Crippen LogP contribution is -2.45. The van der Waals surface area contributed by atoms with E-state index >= 15 is 4.39 Å². The number of piperazine rings is 1. The molecule has 0 bridgehead atoms. The number of hydrogen-bond donors (Lipinski definition) is 1. The fraction of sp³-hybridized carbons (Fsp3) is 0.444. The van der Waals surface area contributed by atoms with E-state index in [1.54, 1.807) is 4.90 Å². The van der Waals surface area contributed by atoms with Gasteiger partial charge in [0.2, 0.25) is 5.43 Å². The number of halogens is 2. The Morgan fingerprint density at radius 1 is 1.23 bits per heavy atom. The molecule has 1 aromatic carbocycles. The molecule has 6 nitrogen and oxygen atoms in total. The summed E-state index contributed by atoms with van der Waals surface area (Å²) in [6, 6.07) is 0.965. The second-order valence-corrected chi connectivity index (χ2v) is 6.58. The third-order valence-corrected chi connectivity index (χ3v) is 4.74. The van der Waals surface area contributed by atoms with E-state index in [1.165, 1.54) is 4.57 Å². The summed E-state index contributed by atoms with van der Waals surface area (Å²) in [4.78, 5) is 27.4. The number of nitrogens with zero attached hydrogens (tertiary/aromatic N) is 3. The molecule has 140 valence electrons. The number of hydrogen-bond acceptors (Lipinski definition) is 4. The minimum absolute atomic E-state index is 0.0443. The van der Waals surface area contributed by atoms with E-state index in [-0.39, 0.29) is 16.6 Å². The fourth-order valence-electron chi connectivity index (χ4n) is 3.37. The Morgan fingerprint density at radius 3 is 2.46 bits per heavy atom. The highest BCUT2D eigenvalue weighted by atomic mass is 19.1. The molecule has 0 spiro atoms. The lowest BCUT2D eigenvalue weighted by Gasteiger charge is -2.34. The molecule has 1 fully saturated rings. The molecule has 0 saturated carbocycles. The quantitative estimate of drug-likeness (QED) is 0.899. The molecular formula is C18H21F2N3O3. The van der Waals surface area contributed by atoms with Gasteiger partial charge >= 0.3 is 5.97 Å². The van der Waals surface area contributed by atoms with Crippen LogP contribution in [0.1, 0.15) is 23.7 Å². The molecule has 26 heavy (non-hydrogen) atoms. The van der Waals surface area contributed by atoms with Crippen molar-refractivity contribution in [2.24, 2.45) is 0 Å². The molecule has 2 heterocycles. The number of pyridine rings is 1. The van der Waals surface area contributed by atoms with E-state index in [2.05, 4.69) is 4.90 Å². The van der Waals surface area contributed by atoms with E-state index in [9.17, 15) is 19.1 Å². The molecule has 8 heteroatoms. The average molecular weight is 365 g/mol. The van der Waals surface area contributed by atoms with Gasteiger partial charge in [0.05, 0.1) is 10.9 Å². The molecule has 1 saturated heterocycles. The first kappa shape index (κ1) is 18.3. The summed E-state index contributed by atoms with van der Waals surface area (Å²) in [5.41, 5.74) is -1.56. The predicted molar refractivity (Wildman–Crippen MR) is 95.1 cm³/mol. The van der Waals surface area contributed by atoms with Crippen LogP contribution >= 0.6 is 0 Å². The molecular weight excluding hydrogens is 344 g/mol. The first-order valence-electron chi connectivity index (χ1n) is 8.57. The molecule has 3 rings (SSSR count). The van der Waals surface area contributed by atoms with E-state index in [1.807, 2.05) is 14.0 Å². The third kappa shape index (κ3) is 3.05. The van der Waals surface area contributed by atoms with Crippen molar-refractivity contribution in [3.05, 3.63) is 39.7 Å². The summed E-state index contributed by atoms with van der Waals surface area (Å²) >= 11 is 0. The van der Waals surface area contributed by atoms with Crippen LogP contribution in [0, 0.1) is 11.6 Å². The Kier molecular flexibility index (Phi) is 4.95. The van der Waals surface area contributed by atoms with Gasteiger partial charge in [-0.3, -0.25) is 4.79 Å². The summed E-state index contributed by atoms with van der Waals surface area (Å²) in [6.07, 6.45) is 1.75. The summed E-state index contributed by atoms with van der Waals surface area (Å²) in [6.45, 7) is 4.48. The number of anilines is 1. The van der Waals surface area contributed by atoms with Crippen LogP contribution in [-0.2, 0) is 6.54 Å². The number of rotatable bonds is 4.